The van der Waals surface area contributed by atoms with Crippen molar-refractivity contribution >= 4 is 5.69 Å². The van der Waals surface area contributed by atoms with E-state index in [4.69, 9.17) is 10.5 Å². The molecule has 0 saturated heterocycles. The van der Waals surface area contributed by atoms with Gasteiger partial charge < -0.3 is 10.5 Å². The van der Waals surface area contributed by atoms with Crippen molar-refractivity contribution in [2.75, 3.05) is 5.73 Å². The first-order valence-electron chi connectivity index (χ1n) is 6.05. The normalized spacial score (nSPS) is 10.7. The van der Waals surface area contributed by atoms with Gasteiger partial charge in [-0.15, -0.1) is 0 Å². The lowest BCUT2D eigenvalue weighted by Gasteiger charge is -2.12. The summed E-state index contributed by atoms with van der Waals surface area (Å²) in [6.07, 6.45) is 3.25. The molecule has 3 nitrogen and oxygen atoms in total. The molecule has 0 atom stereocenters. The molecule has 0 unspecified atom stereocenters. The van der Waals surface area contributed by atoms with Crippen molar-refractivity contribution in [3.63, 3.8) is 0 Å². The van der Waals surface area contributed by atoms with E-state index in [0.717, 1.165) is 5.75 Å². The Morgan fingerprint density at radius 2 is 1.89 bits per heavy atom. The first-order chi connectivity index (χ1) is 8.56. The Morgan fingerprint density at radius 3 is 2.50 bits per heavy atom. The molecule has 18 heavy (non-hydrogen) atoms. The van der Waals surface area contributed by atoms with Gasteiger partial charge in [-0.25, -0.2) is 0 Å². The minimum Gasteiger partial charge on any atom is -0.456 e. The maximum atomic E-state index is 5.73. The minimum atomic E-state index is 0.521. The van der Waals surface area contributed by atoms with Crippen LogP contribution in [0.25, 0.3) is 0 Å². The molecule has 2 N–H and O–H groups in total. The summed E-state index contributed by atoms with van der Waals surface area (Å²) in [4.78, 5) is 4.00. The Bertz CT molecular complexity index is 550. The molecule has 1 aromatic heterocycles. The third kappa shape index (κ3) is 2.80. The van der Waals surface area contributed by atoms with Gasteiger partial charge in [-0.05, 0) is 36.1 Å². The van der Waals surface area contributed by atoms with E-state index in [-0.39, 0.29) is 0 Å². The number of hydrogen-bond donors (Lipinski definition) is 1. The van der Waals surface area contributed by atoms with Crippen molar-refractivity contribution < 1.29 is 4.74 Å². The Hall–Kier alpha value is -2.03. The first-order valence-corrected chi connectivity index (χ1v) is 6.05. The van der Waals surface area contributed by atoms with Gasteiger partial charge in [0.1, 0.15) is 11.5 Å². The number of aromatic nitrogens is 1. The molecule has 94 valence electrons. The number of hydrogen-bond acceptors (Lipinski definition) is 3. The second-order valence-corrected chi connectivity index (χ2v) is 4.73. The van der Waals surface area contributed by atoms with Crippen LogP contribution in [-0.2, 0) is 0 Å². The van der Waals surface area contributed by atoms with Crippen molar-refractivity contribution in [2.45, 2.75) is 26.7 Å². The topological polar surface area (TPSA) is 48.1 Å². The maximum absolute atomic E-state index is 5.73. The summed E-state index contributed by atoms with van der Waals surface area (Å²) in [5.41, 5.74) is 8.84. The largest absolute Gasteiger partial charge is 0.456 e. The van der Waals surface area contributed by atoms with Gasteiger partial charge in [0.25, 0.3) is 0 Å². The van der Waals surface area contributed by atoms with E-state index in [9.17, 15) is 0 Å². The van der Waals surface area contributed by atoms with Crippen LogP contribution in [0.1, 0.15) is 30.9 Å². The van der Waals surface area contributed by atoms with Gasteiger partial charge in [-0.1, -0.05) is 19.9 Å². The maximum Gasteiger partial charge on any atom is 0.147 e. The number of nitrogens with zero attached hydrogens (tertiary/aromatic N) is 1. The molecular formula is C15H18N2O. The van der Waals surface area contributed by atoms with Crippen LogP contribution in [-0.4, -0.2) is 4.98 Å². The average molecular weight is 242 g/mol. The Balaban J connectivity index is 2.23. The molecule has 2 rings (SSSR count). The summed E-state index contributed by atoms with van der Waals surface area (Å²) in [6.45, 7) is 6.47. The van der Waals surface area contributed by atoms with E-state index in [1.54, 1.807) is 18.5 Å². The van der Waals surface area contributed by atoms with Crippen LogP contribution in [0.2, 0.25) is 0 Å². The lowest BCUT2D eigenvalue weighted by atomic mass is 9.98. The lowest BCUT2D eigenvalue weighted by molar-refractivity contribution is 0.480. The number of ether oxygens (including phenoxy) is 1. The fourth-order valence-electron chi connectivity index (χ4n) is 1.99. The highest BCUT2D eigenvalue weighted by Gasteiger charge is 2.05. The van der Waals surface area contributed by atoms with E-state index in [0.29, 0.717) is 17.4 Å². The number of pyridine rings is 1. The molecule has 0 saturated carbocycles. The smallest absolute Gasteiger partial charge is 0.147 e. The molecule has 2 aromatic rings. The van der Waals surface area contributed by atoms with Gasteiger partial charge >= 0.3 is 0 Å². The van der Waals surface area contributed by atoms with Crippen LogP contribution in [0.4, 0.5) is 5.69 Å². The van der Waals surface area contributed by atoms with Crippen molar-refractivity contribution in [2.24, 2.45) is 0 Å². The summed E-state index contributed by atoms with van der Waals surface area (Å²) in [5, 5.41) is 0. The van der Waals surface area contributed by atoms with Gasteiger partial charge in [-0.2, -0.15) is 0 Å². The van der Waals surface area contributed by atoms with Crippen LogP contribution >= 0.6 is 0 Å². The van der Waals surface area contributed by atoms with Crippen LogP contribution in [0.5, 0.6) is 11.5 Å². The number of rotatable bonds is 3. The fourth-order valence-corrected chi connectivity index (χ4v) is 1.99. The lowest BCUT2D eigenvalue weighted by Crippen LogP contribution is -1.94. The van der Waals surface area contributed by atoms with E-state index < -0.39 is 0 Å². The number of nitrogen functional groups attached to an aromatic ring is 1. The number of benzene rings is 1. The Kier molecular flexibility index (Phi) is 3.51. The van der Waals surface area contributed by atoms with Crippen LogP contribution in [0.3, 0.4) is 0 Å². The molecule has 0 aliphatic carbocycles. The molecule has 3 heteroatoms. The highest BCUT2D eigenvalue weighted by molar-refractivity contribution is 5.43. The molecule has 0 radical (unpaired) electrons. The quantitative estimate of drug-likeness (QED) is 0.888. The van der Waals surface area contributed by atoms with Crippen LogP contribution in [0, 0.1) is 6.92 Å². The molecule has 1 heterocycles. The molecule has 0 aliphatic rings. The van der Waals surface area contributed by atoms with E-state index in [2.05, 4.69) is 31.8 Å². The highest BCUT2D eigenvalue weighted by Crippen LogP contribution is 2.27. The Morgan fingerprint density at radius 1 is 1.11 bits per heavy atom. The summed E-state index contributed by atoms with van der Waals surface area (Å²) < 4.78 is 5.73. The third-order valence-corrected chi connectivity index (χ3v) is 2.83. The molecule has 1 aromatic carbocycles. The number of nitrogens with two attached hydrogens (primary N) is 1. The third-order valence-electron chi connectivity index (χ3n) is 2.83. The van der Waals surface area contributed by atoms with Gasteiger partial charge in [0.05, 0.1) is 18.1 Å². The van der Waals surface area contributed by atoms with Gasteiger partial charge in [0.2, 0.25) is 0 Å². The van der Waals surface area contributed by atoms with Gasteiger partial charge in [0.15, 0.2) is 0 Å². The fraction of sp³-hybridized carbons (Fsp3) is 0.267. The standard InChI is InChI=1S/C15H18N2O/c1-10(2)15-5-4-13(6-11(15)3)18-14-7-12(16)8-17-9-14/h4-10H,16H2,1-3H3. The summed E-state index contributed by atoms with van der Waals surface area (Å²) in [6, 6.07) is 7.89. The first kappa shape index (κ1) is 12.4. The predicted octanol–water partition coefficient (Wildman–Crippen LogP) is 3.89. The van der Waals surface area contributed by atoms with E-state index >= 15 is 0 Å². The van der Waals surface area contributed by atoms with Crippen LogP contribution < -0.4 is 10.5 Å². The SMILES string of the molecule is Cc1cc(Oc2cncc(N)c2)ccc1C(C)C. The molecule has 0 fully saturated rings. The molecule has 0 aliphatic heterocycles. The summed E-state index contributed by atoms with van der Waals surface area (Å²) in [7, 11) is 0. The molecular weight excluding hydrogens is 224 g/mol. The predicted molar refractivity (Wildman–Crippen MR) is 74.0 cm³/mol. The highest BCUT2D eigenvalue weighted by atomic mass is 16.5. The summed E-state index contributed by atoms with van der Waals surface area (Å²) in [5.74, 6) is 1.99. The molecule has 0 bridgehead atoms. The molecule has 0 amide bonds. The second-order valence-electron chi connectivity index (χ2n) is 4.73. The van der Waals surface area contributed by atoms with Gasteiger partial charge in [0, 0.05) is 6.07 Å². The van der Waals surface area contributed by atoms with Crippen molar-refractivity contribution in [3.05, 3.63) is 47.8 Å². The number of aryl methyl sites for hydroxylation is 1. The summed E-state index contributed by atoms with van der Waals surface area (Å²) >= 11 is 0. The van der Waals surface area contributed by atoms with Gasteiger partial charge in [-0.3, -0.25) is 4.98 Å². The van der Waals surface area contributed by atoms with Crippen molar-refractivity contribution in [1.82, 2.24) is 4.98 Å². The minimum absolute atomic E-state index is 0.521. The Labute approximate surface area is 108 Å². The van der Waals surface area contributed by atoms with E-state index in [1.807, 2.05) is 12.1 Å². The zero-order chi connectivity index (χ0) is 13.1. The zero-order valence-electron chi connectivity index (χ0n) is 11.0. The average Bonchev–Trinajstić information content (AvgIpc) is 2.28. The van der Waals surface area contributed by atoms with E-state index in [1.165, 1.54) is 11.1 Å². The molecule has 0 spiro atoms. The second kappa shape index (κ2) is 5.08. The van der Waals surface area contributed by atoms with Crippen molar-refractivity contribution in [1.29, 1.82) is 0 Å². The van der Waals surface area contributed by atoms with Crippen molar-refractivity contribution in [3.8, 4) is 11.5 Å². The number of anilines is 1. The monoisotopic (exact) mass is 242 g/mol. The van der Waals surface area contributed by atoms with Crippen LogP contribution in [0.15, 0.2) is 36.7 Å². The zero-order valence-corrected chi connectivity index (χ0v) is 11.0.